The zero-order chi connectivity index (χ0) is 24.9. The Balaban J connectivity index is 1.50. The largest absolute Gasteiger partial charge is 0.507 e. The van der Waals surface area contributed by atoms with E-state index < -0.39 is 17.7 Å². The second kappa shape index (κ2) is 10.3. The highest BCUT2D eigenvalue weighted by molar-refractivity contribution is 6.46. The number of Topliss-reactive ketones (excluding diaryl/α,β-unsaturated/α-hetero) is 1. The van der Waals surface area contributed by atoms with Crippen molar-refractivity contribution >= 4 is 17.4 Å². The van der Waals surface area contributed by atoms with Crippen LogP contribution in [0.3, 0.4) is 0 Å². The first-order valence-electron chi connectivity index (χ1n) is 11.6. The van der Waals surface area contributed by atoms with Crippen molar-refractivity contribution in [2.75, 3.05) is 0 Å². The van der Waals surface area contributed by atoms with Gasteiger partial charge in [0.25, 0.3) is 11.7 Å². The number of rotatable bonds is 7. The van der Waals surface area contributed by atoms with Crippen LogP contribution in [0.15, 0.2) is 115 Å². The van der Waals surface area contributed by atoms with E-state index in [0.717, 1.165) is 11.1 Å². The van der Waals surface area contributed by atoms with Gasteiger partial charge < -0.3 is 14.7 Å². The maximum absolute atomic E-state index is 13.2. The number of carbonyl (C=O) groups excluding carboxylic acids is 2. The van der Waals surface area contributed by atoms with Gasteiger partial charge in [0, 0.05) is 24.5 Å². The highest BCUT2D eigenvalue weighted by atomic mass is 16.5. The predicted molar refractivity (Wildman–Crippen MR) is 136 cm³/mol. The molecule has 1 amide bonds. The summed E-state index contributed by atoms with van der Waals surface area (Å²) in [6, 6.07) is 29.1. The smallest absolute Gasteiger partial charge is 0.295 e. The Labute approximate surface area is 209 Å². The van der Waals surface area contributed by atoms with Crippen LogP contribution in [0.2, 0.25) is 0 Å². The van der Waals surface area contributed by atoms with Gasteiger partial charge in [-0.1, -0.05) is 72.8 Å². The molecule has 178 valence electrons. The van der Waals surface area contributed by atoms with Crippen molar-refractivity contribution in [3.8, 4) is 5.75 Å². The van der Waals surface area contributed by atoms with E-state index in [-0.39, 0.29) is 17.9 Å². The van der Waals surface area contributed by atoms with Crippen LogP contribution in [-0.4, -0.2) is 26.7 Å². The topological polar surface area (TPSA) is 79.7 Å². The minimum atomic E-state index is -0.749. The fourth-order valence-electron chi connectivity index (χ4n) is 4.32. The first-order valence-corrected chi connectivity index (χ1v) is 11.6. The van der Waals surface area contributed by atoms with Crippen LogP contribution >= 0.6 is 0 Å². The standard InChI is InChI=1S/C30H24N2O4/c33-28(24-15-17-31-18-16-24)26-27(32(30(35)29(26)34)19-21-7-3-1-4-8-21)23-11-13-25(14-12-23)36-20-22-9-5-2-6-10-22/h1-18,27,33H,19-20H2. The minimum absolute atomic E-state index is 0.0556. The summed E-state index contributed by atoms with van der Waals surface area (Å²) >= 11 is 0. The summed E-state index contributed by atoms with van der Waals surface area (Å²) < 4.78 is 5.90. The van der Waals surface area contributed by atoms with Gasteiger partial charge in [-0.25, -0.2) is 0 Å². The van der Waals surface area contributed by atoms with E-state index in [9.17, 15) is 14.7 Å². The van der Waals surface area contributed by atoms with Crippen molar-refractivity contribution < 1.29 is 19.4 Å². The molecule has 1 saturated heterocycles. The summed E-state index contributed by atoms with van der Waals surface area (Å²) in [5.74, 6) is -0.920. The average Bonchev–Trinajstić information content (AvgIpc) is 3.18. The van der Waals surface area contributed by atoms with Crippen LogP contribution in [-0.2, 0) is 22.7 Å². The quantitative estimate of drug-likeness (QED) is 0.223. The van der Waals surface area contributed by atoms with Crippen LogP contribution in [0, 0.1) is 0 Å². The average molecular weight is 477 g/mol. The number of hydrogen-bond acceptors (Lipinski definition) is 5. The lowest BCUT2D eigenvalue weighted by Gasteiger charge is -2.25. The molecule has 0 spiro atoms. The number of nitrogens with zero attached hydrogens (tertiary/aromatic N) is 2. The summed E-state index contributed by atoms with van der Waals surface area (Å²) in [7, 11) is 0. The van der Waals surface area contributed by atoms with Crippen molar-refractivity contribution in [3.05, 3.63) is 137 Å². The lowest BCUT2D eigenvalue weighted by atomic mass is 9.95. The first-order chi connectivity index (χ1) is 17.6. The van der Waals surface area contributed by atoms with Crippen LogP contribution in [0.5, 0.6) is 5.75 Å². The van der Waals surface area contributed by atoms with Crippen molar-refractivity contribution in [2.24, 2.45) is 0 Å². The lowest BCUT2D eigenvalue weighted by molar-refractivity contribution is -0.140. The predicted octanol–water partition coefficient (Wildman–Crippen LogP) is 5.28. The maximum Gasteiger partial charge on any atom is 0.295 e. The van der Waals surface area contributed by atoms with Crippen molar-refractivity contribution in [2.45, 2.75) is 19.2 Å². The molecule has 0 aliphatic carbocycles. The third-order valence-electron chi connectivity index (χ3n) is 6.13. The van der Waals surface area contributed by atoms with Crippen molar-refractivity contribution in [1.82, 2.24) is 9.88 Å². The van der Waals surface area contributed by atoms with Crippen molar-refractivity contribution in [1.29, 1.82) is 0 Å². The van der Waals surface area contributed by atoms with Gasteiger partial charge >= 0.3 is 0 Å². The number of benzene rings is 3. The number of ether oxygens (including phenoxy) is 1. The van der Waals surface area contributed by atoms with Gasteiger partial charge in [-0.2, -0.15) is 0 Å². The summed E-state index contributed by atoms with van der Waals surface area (Å²) in [6.45, 7) is 0.657. The second-order valence-electron chi connectivity index (χ2n) is 8.49. The van der Waals surface area contributed by atoms with E-state index in [1.54, 1.807) is 12.1 Å². The van der Waals surface area contributed by atoms with Gasteiger partial charge in [-0.05, 0) is 41.0 Å². The number of aliphatic hydroxyl groups is 1. The number of amides is 1. The highest BCUT2D eigenvalue weighted by Crippen LogP contribution is 2.40. The summed E-state index contributed by atoms with van der Waals surface area (Å²) in [6.07, 6.45) is 3.06. The molecule has 1 aromatic heterocycles. The Kier molecular flexibility index (Phi) is 6.58. The molecule has 0 bridgehead atoms. The molecule has 1 atom stereocenters. The number of aliphatic hydroxyl groups excluding tert-OH is 1. The molecule has 4 aromatic rings. The number of hydrogen-bond donors (Lipinski definition) is 1. The Morgan fingerprint density at radius 3 is 2.06 bits per heavy atom. The third-order valence-corrected chi connectivity index (χ3v) is 6.13. The summed E-state index contributed by atoms with van der Waals surface area (Å²) in [5, 5.41) is 11.1. The zero-order valence-electron chi connectivity index (χ0n) is 19.5. The SMILES string of the molecule is O=C1C(=O)N(Cc2ccccc2)C(c2ccc(OCc3ccccc3)cc2)C1=C(O)c1ccncc1. The molecule has 6 heteroatoms. The second-order valence-corrected chi connectivity index (χ2v) is 8.49. The first kappa shape index (κ1) is 23.1. The number of aromatic nitrogens is 1. The Morgan fingerprint density at radius 1 is 0.806 bits per heavy atom. The molecular formula is C30H24N2O4. The molecule has 0 saturated carbocycles. The molecule has 1 unspecified atom stereocenters. The van der Waals surface area contributed by atoms with Gasteiger partial charge in [0.1, 0.15) is 18.1 Å². The van der Waals surface area contributed by atoms with Gasteiger partial charge in [-0.15, -0.1) is 0 Å². The minimum Gasteiger partial charge on any atom is -0.507 e. The van der Waals surface area contributed by atoms with E-state index in [0.29, 0.717) is 23.5 Å². The Hall–Kier alpha value is -4.71. The summed E-state index contributed by atoms with van der Waals surface area (Å²) in [4.78, 5) is 31.8. The number of likely N-dealkylation sites (tertiary alicyclic amines) is 1. The number of carbonyl (C=O) groups is 2. The van der Waals surface area contributed by atoms with Gasteiger partial charge in [0.15, 0.2) is 0 Å². The molecule has 1 aliphatic rings. The molecule has 1 fully saturated rings. The molecular weight excluding hydrogens is 452 g/mol. The summed E-state index contributed by atoms with van der Waals surface area (Å²) in [5.41, 5.74) is 3.12. The third kappa shape index (κ3) is 4.74. The monoisotopic (exact) mass is 476 g/mol. The fourth-order valence-corrected chi connectivity index (χ4v) is 4.32. The molecule has 5 rings (SSSR count). The lowest BCUT2D eigenvalue weighted by Crippen LogP contribution is -2.29. The maximum atomic E-state index is 13.2. The number of ketones is 1. The number of pyridine rings is 1. The van der Waals surface area contributed by atoms with Gasteiger partial charge in [0.2, 0.25) is 0 Å². The van der Waals surface area contributed by atoms with Crippen LogP contribution < -0.4 is 4.74 Å². The van der Waals surface area contributed by atoms with Gasteiger partial charge in [-0.3, -0.25) is 14.6 Å². The molecule has 1 aliphatic heterocycles. The van der Waals surface area contributed by atoms with Gasteiger partial charge in [0.05, 0.1) is 11.6 Å². The normalized spacial score (nSPS) is 16.8. The van der Waals surface area contributed by atoms with E-state index in [1.807, 2.05) is 84.9 Å². The van der Waals surface area contributed by atoms with Crippen LogP contribution in [0.4, 0.5) is 0 Å². The van der Waals surface area contributed by atoms with E-state index in [4.69, 9.17) is 4.74 Å². The van der Waals surface area contributed by atoms with E-state index >= 15 is 0 Å². The van der Waals surface area contributed by atoms with Crippen LogP contribution in [0.25, 0.3) is 5.76 Å². The molecule has 36 heavy (non-hydrogen) atoms. The fraction of sp³-hybridized carbons (Fsp3) is 0.100. The van der Waals surface area contributed by atoms with Crippen LogP contribution in [0.1, 0.15) is 28.3 Å². The highest BCUT2D eigenvalue weighted by Gasteiger charge is 2.46. The molecule has 3 aromatic carbocycles. The molecule has 2 heterocycles. The molecule has 6 nitrogen and oxygen atoms in total. The Morgan fingerprint density at radius 2 is 1.42 bits per heavy atom. The molecule has 1 N–H and O–H groups in total. The Bertz CT molecular complexity index is 1390. The zero-order valence-corrected chi connectivity index (χ0v) is 19.5. The van der Waals surface area contributed by atoms with Crippen molar-refractivity contribution in [3.63, 3.8) is 0 Å². The van der Waals surface area contributed by atoms with E-state index in [2.05, 4.69) is 4.98 Å². The van der Waals surface area contributed by atoms with E-state index in [1.165, 1.54) is 17.3 Å². The molecule has 0 radical (unpaired) electrons.